The molecule has 0 aromatic heterocycles. The first-order chi connectivity index (χ1) is 10.7. The van der Waals surface area contributed by atoms with Gasteiger partial charge in [-0.2, -0.15) is 5.48 Å². The predicted octanol–water partition coefficient (Wildman–Crippen LogP) is 3.48. The molecule has 0 bridgehead atoms. The highest BCUT2D eigenvalue weighted by Gasteiger charge is 2.31. The number of nitrogens with one attached hydrogen (secondary N) is 1. The second-order valence-corrected chi connectivity index (χ2v) is 6.73. The second-order valence-electron chi connectivity index (χ2n) is 6.73. The smallest absolute Gasteiger partial charge is 0.308 e. The molecular formula is C17H31NO4. The van der Waals surface area contributed by atoms with Crippen LogP contribution in [0.3, 0.4) is 0 Å². The van der Waals surface area contributed by atoms with Crippen molar-refractivity contribution >= 4 is 5.97 Å². The zero-order valence-corrected chi connectivity index (χ0v) is 13.8. The van der Waals surface area contributed by atoms with Crippen molar-refractivity contribution in [3.8, 4) is 0 Å². The molecule has 2 rings (SSSR count). The third-order valence-corrected chi connectivity index (χ3v) is 5.04. The summed E-state index contributed by atoms with van der Waals surface area (Å²) in [5.74, 6) is -0.536. The number of hydrogen-bond acceptors (Lipinski definition) is 4. The van der Waals surface area contributed by atoms with E-state index in [2.05, 4.69) is 5.48 Å². The van der Waals surface area contributed by atoms with E-state index in [9.17, 15) is 9.90 Å². The summed E-state index contributed by atoms with van der Waals surface area (Å²) in [4.78, 5) is 17.3. The SMILES string of the molecule is CCC(NOC1CCCCO1)C(CC1CCCCC1)C(=O)O. The molecule has 128 valence electrons. The molecule has 0 aromatic rings. The molecule has 1 saturated carbocycles. The molecule has 5 nitrogen and oxygen atoms in total. The lowest BCUT2D eigenvalue weighted by molar-refractivity contribution is -0.208. The van der Waals surface area contributed by atoms with Crippen molar-refractivity contribution in [3.63, 3.8) is 0 Å². The molecule has 3 atom stereocenters. The first-order valence-electron chi connectivity index (χ1n) is 8.96. The lowest BCUT2D eigenvalue weighted by Gasteiger charge is -2.31. The maximum Gasteiger partial charge on any atom is 0.308 e. The van der Waals surface area contributed by atoms with Gasteiger partial charge in [0.1, 0.15) is 0 Å². The number of aliphatic carboxylic acids is 1. The normalized spacial score (nSPS) is 26.5. The first kappa shape index (κ1) is 17.7. The second kappa shape index (κ2) is 9.48. The third kappa shape index (κ3) is 5.52. The summed E-state index contributed by atoms with van der Waals surface area (Å²) in [5, 5.41) is 9.62. The van der Waals surface area contributed by atoms with E-state index in [0.717, 1.165) is 38.7 Å². The van der Waals surface area contributed by atoms with Crippen LogP contribution < -0.4 is 5.48 Å². The van der Waals surface area contributed by atoms with Crippen molar-refractivity contribution in [3.05, 3.63) is 0 Å². The maximum absolute atomic E-state index is 11.7. The van der Waals surface area contributed by atoms with Gasteiger partial charge in [0, 0.05) is 19.1 Å². The van der Waals surface area contributed by atoms with Gasteiger partial charge in [0.15, 0.2) is 6.29 Å². The summed E-state index contributed by atoms with van der Waals surface area (Å²) >= 11 is 0. The molecule has 0 spiro atoms. The Balaban J connectivity index is 1.84. The lowest BCUT2D eigenvalue weighted by Crippen LogP contribution is -2.43. The number of carboxylic acids is 1. The fraction of sp³-hybridized carbons (Fsp3) is 0.941. The molecule has 1 saturated heterocycles. The number of carboxylic acid groups (broad SMARTS) is 1. The van der Waals surface area contributed by atoms with E-state index in [1.807, 2.05) is 6.92 Å². The molecule has 0 aromatic carbocycles. The molecule has 0 amide bonds. The van der Waals surface area contributed by atoms with Gasteiger partial charge in [-0.3, -0.25) is 9.63 Å². The molecule has 1 heterocycles. The van der Waals surface area contributed by atoms with E-state index in [-0.39, 0.29) is 18.2 Å². The van der Waals surface area contributed by atoms with Crippen molar-refractivity contribution in [2.75, 3.05) is 6.61 Å². The van der Waals surface area contributed by atoms with Crippen LogP contribution in [0.5, 0.6) is 0 Å². The summed E-state index contributed by atoms with van der Waals surface area (Å²) in [6.45, 7) is 2.74. The van der Waals surface area contributed by atoms with Gasteiger partial charge in [0.2, 0.25) is 0 Å². The van der Waals surface area contributed by atoms with E-state index in [4.69, 9.17) is 9.57 Å². The lowest BCUT2D eigenvalue weighted by atomic mass is 9.80. The van der Waals surface area contributed by atoms with E-state index in [1.165, 1.54) is 32.1 Å². The molecule has 1 aliphatic heterocycles. The van der Waals surface area contributed by atoms with E-state index in [1.54, 1.807) is 0 Å². The van der Waals surface area contributed by atoms with Gasteiger partial charge in [0.05, 0.1) is 5.92 Å². The minimum absolute atomic E-state index is 0.148. The third-order valence-electron chi connectivity index (χ3n) is 5.04. The van der Waals surface area contributed by atoms with Crippen LogP contribution >= 0.6 is 0 Å². The van der Waals surface area contributed by atoms with Crippen LogP contribution in [0.2, 0.25) is 0 Å². The van der Waals surface area contributed by atoms with Crippen LogP contribution in [0.1, 0.15) is 71.1 Å². The Kier molecular flexibility index (Phi) is 7.63. The van der Waals surface area contributed by atoms with Crippen LogP contribution in [0, 0.1) is 11.8 Å². The van der Waals surface area contributed by atoms with Gasteiger partial charge in [0.25, 0.3) is 0 Å². The van der Waals surface area contributed by atoms with Crippen molar-refractivity contribution in [2.45, 2.75) is 83.5 Å². The van der Waals surface area contributed by atoms with Gasteiger partial charge < -0.3 is 9.84 Å². The number of rotatable bonds is 8. The Labute approximate surface area is 133 Å². The Morgan fingerprint density at radius 3 is 2.55 bits per heavy atom. The summed E-state index contributed by atoms with van der Waals surface area (Å²) in [6.07, 6.45) is 10.5. The van der Waals surface area contributed by atoms with E-state index in [0.29, 0.717) is 5.92 Å². The molecular weight excluding hydrogens is 282 g/mol. The Bertz CT molecular complexity index is 325. The summed E-state index contributed by atoms with van der Waals surface area (Å²) in [7, 11) is 0. The summed E-state index contributed by atoms with van der Waals surface area (Å²) in [6, 6.07) is -0.148. The molecule has 2 fully saturated rings. The van der Waals surface area contributed by atoms with Crippen molar-refractivity contribution in [1.82, 2.24) is 5.48 Å². The zero-order valence-electron chi connectivity index (χ0n) is 13.8. The first-order valence-corrected chi connectivity index (χ1v) is 8.96. The zero-order chi connectivity index (χ0) is 15.8. The molecule has 1 aliphatic carbocycles. The maximum atomic E-state index is 11.7. The minimum Gasteiger partial charge on any atom is -0.481 e. The monoisotopic (exact) mass is 313 g/mol. The van der Waals surface area contributed by atoms with Crippen LogP contribution in [-0.2, 0) is 14.4 Å². The number of hydroxylamine groups is 1. The van der Waals surface area contributed by atoms with Crippen LogP contribution in [0.25, 0.3) is 0 Å². The molecule has 2 aliphatic rings. The topological polar surface area (TPSA) is 67.8 Å². The highest BCUT2D eigenvalue weighted by Crippen LogP contribution is 2.31. The van der Waals surface area contributed by atoms with Crippen molar-refractivity contribution in [1.29, 1.82) is 0 Å². The van der Waals surface area contributed by atoms with Crippen molar-refractivity contribution in [2.24, 2.45) is 11.8 Å². The molecule has 3 unspecified atom stereocenters. The quantitative estimate of drug-likeness (QED) is 0.671. The Hall–Kier alpha value is -0.650. The molecule has 5 heteroatoms. The summed E-state index contributed by atoms with van der Waals surface area (Å²) < 4.78 is 5.53. The summed E-state index contributed by atoms with van der Waals surface area (Å²) in [5.41, 5.74) is 3.00. The molecule has 22 heavy (non-hydrogen) atoms. The fourth-order valence-electron chi connectivity index (χ4n) is 3.64. The van der Waals surface area contributed by atoms with Gasteiger partial charge in [-0.25, -0.2) is 0 Å². The largest absolute Gasteiger partial charge is 0.481 e. The number of ether oxygens (including phenoxy) is 1. The van der Waals surface area contributed by atoms with Gasteiger partial charge >= 0.3 is 5.97 Å². The average molecular weight is 313 g/mol. The highest BCUT2D eigenvalue weighted by molar-refractivity contribution is 5.70. The van der Waals surface area contributed by atoms with E-state index >= 15 is 0 Å². The van der Waals surface area contributed by atoms with Crippen molar-refractivity contribution < 1.29 is 19.5 Å². The van der Waals surface area contributed by atoms with Gasteiger partial charge in [-0.1, -0.05) is 39.0 Å². The fourth-order valence-corrected chi connectivity index (χ4v) is 3.64. The molecule has 0 radical (unpaired) electrons. The van der Waals surface area contributed by atoms with Crippen LogP contribution in [0.15, 0.2) is 0 Å². The molecule has 2 N–H and O–H groups in total. The van der Waals surface area contributed by atoms with Gasteiger partial charge in [-0.15, -0.1) is 0 Å². The predicted molar refractivity (Wildman–Crippen MR) is 84.2 cm³/mol. The standard InChI is InChI=1S/C17H31NO4/c1-2-15(18-22-16-10-6-7-11-21-16)14(17(19)20)12-13-8-4-3-5-9-13/h13-16,18H,2-12H2,1H3,(H,19,20). The minimum atomic E-state index is -0.710. The Morgan fingerprint density at radius 2 is 1.95 bits per heavy atom. The van der Waals surface area contributed by atoms with Crippen LogP contribution in [-0.4, -0.2) is 30.0 Å². The number of carbonyl (C=O) groups is 1. The highest BCUT2D eigenvalue weighted by atomic mass is 16.8. The van der Waals surface area contributed by atoms with E-state index < -0.39 is 5.97 Å². The Morgan fingerprint density at radius 1 is 1.23 bits per heavy atom. The van der Waals surface area contributed by atoms with Crippen LogP contribution in [0.4, 0.5) is 0 Å². The average Bonchev–Trinajstić information content (AvgIpc) is 2.56. The van der Waals surface area contributed by atoms with Gasteiger partial charge in [-0.05, 0) is 31.6 Å². The number of hydrogen-bond donors (Lipinski definition) is 2.